The highest BCUT2D eigenvalue weighted by Gasteiger charge is 2.35. The number of aromatic amines is 1. The Morgan fingerprint density at radius 1 is 1.15 bits per heavy atom. The fourth-order valence-electron chi connectivity index (χ4n) is 5.22. The van der Waals surface area contributed by atoms with Gasteiger partial charge in [0.15, 0.2) is 11.5 Å². The Bertz CT molecular complexity index is 1630. The Morgan fingerprint density at radius 3 is 2.69 bits per heavy atom. The molecule has 1 fully saturated rings. The second-order valence-corrected chi connectivity index (χ2v) is 12.5. The molecule has 6 rings (SSSR count). The van der Waals surface area contributed by atoms with E-state index in [1.165, 1.54) is 23.5 Å². The van der Waals surface area contributed by atoms with Gasteiger partial charge >= 0.3 is 0 Å². The van der Waals surface area contributed by atoms with Crippen molar-refractivity contribution in [2.24, 2.45) is 5.10 Å². The number of carbonyl (C=O) groups is 1. The summed E-state index contributed by atoms with van der Waals surface area (Å²) in [6.45, 7) is 11.2. The van der Waals surface area contributed by atoms with Crippen LogP contribution in [0.5, 0.6) is 0 Å². The molecule has 1 amide bonds. The van der Waals surface area contributed by atoms with E-state index in [-0.39, 0.29) is 17.0 Å². The molecule has 202 valence electrons. The molecular formula is C28H31FN7O2S+. The Labute approximate surface area is 229 Å². The van der Waals surface area contributed by atoms with Crippen LogP contribution < -0.4 is 20.8 Å². The first kappa shape index (κ1) is 25.6. The molecule has 2 aromatic heterocycles. The van der Waals surface area contributed by atoms with Crippen molar-refractivity contribution in [3.8, 4) is 11.3 Å². The maximum absolute atomic E-state index is 15.0. The molecule has 9 nitrogen and oxygen atoms in total. The predicted octanol–water partition coefficient (Wildman–Crippen LogP) is 2.86. The molecule has 0 aliphatic carbocycles. The first-order valence-corrected chi connectivity index (χ1v) is 13.8. The van der Waals surface area contributed by atoms with Crippen LogP contribution >= 0.6 is 11.3 Å². The molecule has 3 aliphatic heterocycles. The molecule has 3 N–H and O–H groups in total. The SMILES string of the molecule is Cc1c(-c2cc(NC3=N[NH+]4CCN(C)CC4=C3)c(=O)[nH]n2)cc(F)cc1N1Cc2cc(C(C)(C)C)sc2C1=O. The number of hydrogen-bond donors (Lipinski definition) is 3. The summed E-state index contributed by atoms with van der Waals surface area (Å²) in [4.78, 5) is 31.7. The number of hydrogen-bond acceptors (Lipinski definition) is 7. The number of quaternary nitrogens is 1. The number of rotatable bonds is 3. The quantitative estimate of drug-likeness (QED) is 0.468. The van der Waals surface area contributed by atoms with E-state index in [2.05, 4.69) is 59.4 Å². The molecule has 0 spiro atoms. The summed E-state index contributed by atoms with van der Waals surface area (Å²) in [5.41, 5.74) is 4.01. The standard InChI is InChI=1S/C28H30FN7O2S/c1-15-19(9-17(29)10-22(15)35-13-16-8-23(28(2,3)4)39-25(16)27(35)38)20-12-21(26(37)32-31-20)30-24-11-18-14-34(5)6-7-36(18)33-24/h8-12H,6-7,13-14H2,1-5H3,(H,32,37)(H,30,31,33)/p+1. The van der Waals surface area contributed by atoms with Gasteiger partial charge in [-0.05, 0) is 54.8 Å². The van der Waals surface area contributed by atoms with Gasteiger partial charge in [0.05, 0.1) is 35.9 Å². The Hall–Kier alpha value is -3.67. The molecule has 1 aromatic carbocycles. The topological polar surface area (TPSA) is 98.1 Å². The van der Waals surface area contributed by atoms with Crippen LogP contribution in [0.4, 0.5) is 15.8 Å². The Kier molecular flexibility index (Phi) is 6.05. The largest absolute Gasteiger partial charge is 0.331 e. The van der Waals surface area contributed by atoms with E-state index in [1.54, 1.807) is 11.0 Å². The van der Waals surface area contributed by atoms with E-state index in [4.69, 9.17) is 0 Å². The number of nitrogens with one attached hydrogen (secondary N) is 3. The highest BCUT2D eigenvalue weighted by molar-refractivity contribution is 7.14. The van der Waals surface area contributed by atoms with Crippen LogP contribution in [0, 0.1) is 12.7 Å². The van der Waals surface area contributed by atoms with E-state index >= 15 is 0 Å². The smallest absolute Gasteiger partial charge is 0.287 e. The maximum Gasteiger partial charge on any atom is 0.287 e. The summed E-state index contributed by atoms with van der Waals surface area (Å²) < 4.78 is 15.0. The van der Waals surface area contributed by atoms with Gasteiger partial charge in [0.2, 0.25) is 0 Å². The Morgan fingerprint density at radius 2 is 1.95 bits per heavy atom. The van der Waals surface area contributed by atoms with Crippen molar-refractivity contribution >= 4 is 34.5 Å². The third-order valence-corrected chi connectivity index (χ3v) is 8.99. The zero-order valence-corrected chi connectivity index (χ0v) is 23.4. The van der Waals surface area contributed by atoms with Crippen molar-refractivity contribution in [3.05, 3.63) is 73.1 Å². The number of aromatic nitrogens is 2. The van der Waals surface area contributed by atoms with E-state index < -0.39 is 11.4 Å². The zero-order chi connectivity index (χ0) is 27.6. The number of thiophene rings is 1. The molecule has 11 heteroatoms. The lowest BCUT2D eigenvalue weighted by molar-refractivity contribution is -0.870. The first-order chi connectivity index (χ1) is 18.5. The number of benzene rings is 1. The predicted molar refractivity (Wildman–Crippen MR) is 151 cm³/mol. The van der Waals surface area contributed by atoms with Crippen LogP contribution in [0.2, 0.25) is 0 Å². The van der Waals surface area contributed by atoms with E-state index in [0.29, 0.717) is 39.8 Å². The first-order valence-electron chi connectivity index (χ1n) is 12.9. The number of anilines is 2. The van der Waals surface area contributed by atoms with Gasteiger partial charge in [0, 0.05) is 16.5 Å². The number of fused-ring (bicyclic) bond motifs is 2. The average Bonchev–Trinajstić information content (AvgIpc) is 3.55. The lowest BCUT2D eigenvalue weighted by Gasteiger charge is -2.24. The molecular weight excluding hydrogens is 517 g/mol. The third-order valence-electron chi connectivity index (χ3n) is 7.40. The second kappa shape index (κ2) is 9.22. The van der Waals surface area contributed by atoms with Crippen molar-refractivity contribution in [1.82, 2.24) is 15.1 Å². The van der Waals surface area contributed by atoms with Crippen molar-refractivity contribution in [3.63, 3.8) is 0 Å². The highest BCUT2D eigenvalue weighted by atomic mass is 32.1. The normalized spacial score (nSPS) is 19.2. The van der Waals surface area contributed by atoms with Crippen LogP contribution in [0.3, 0.4) is 0 Å². The van der Waals surface area contributed by atoms with Gasteiger partial charge in [-0.25, -0.2) is 9.49 Å². The van der Waals surface area contributed by atoms with E-state index in [0.717, 1.165) is 40.8 Å². The summed E-state index contributed by atoms with van der Waals surface area (Å²) in [7, 11) is 2.07. The summed E-state index contributed by atoms with van der Waals surface area (Å²) in [6.07, 6.45) is 1.96. The molecule has 1 saturated heterocycles. The Balaban J connectivity index is 1.31. The van der Waals surface area contributed by atoms with Gasteiger partial charge in [-0.1, -0.05) is 25.9 Å². The number of amides is 1. The van der Waals surface area contributed by atoms with Crippen molar-refractivity contribution in [2.45, 2.75) is 39.7 Å². The zero-order valence-electron chi connectivity index (χ0n) is 22.6. The van der Waals surface area contributed by atoms with Crippen LogP contribution in [-0.4, -0.2) is 53.5 Å². The fourth-order valence-corrected chi connectivity index (χ4v) is 6.40. The molecule has 3 aliphatic rings. The fraction of sp³-hybridized carbons (Fsp3) is 0.357. The van der Waals surface area contributed by atoms with Crippen molar-refractivity contribution < 1.29 is 14.2 Å². The molecule has 39 heavy (non-hydrogen) atoms. The number of amidine groups is 1. The van der Waals surface area contributed by atoms with Crippen LogP contribution in [0.15, 0.2) is 45.9 Å². The van der Waals surface area contributed by atoms with Gasteiger partial charge in [-0.3, -0.25) is 14.5 Å². The van der Waals surface area contributed by atoms with Gasteiger partial charge in [0.1, 0.15) is 18.0 Å². The molecule has 5 heterocycles. The monoisotopic (exact) mass is 548 g/mol. The minimum Gasteiger partial charge on any atom is -0.331 e. The number of likely N-dealkylation sites (N-methyl/N-ethyl adjacent to an activating group) is 1. The minimum atomic E-state index is -0.485. The number of piperazine rings is 1. The summed E-state index contributed by atoms with van der Waals surface area (Å²) in [6, 6.07) is 6.45. The summed E-state index contributed by atoms with van der Waals surface area (Å²) >= 11 is 1.51. The summed E-state index contributed by atoms with van der Waals surface area (Å²) in [5.74, 6) is -0.0158. The molecule has 1 unspecified atom stereocenters. The van der Waals surface area contributed by atoms with Gasteiger partial charge in [0.25, 0.3) is 11.5 Å². The van der Waals surface area contributed by atoms with Gasteiger partial charge in [-0.2, -0.15) is 10.1 Å². The minimum absolute atomic E-state index is 0.0444. The lowest BCUT2D eigenvalue weighted by atomic mass is 9.94. The average molecular weight is 549 g/mol. The van der Waals surface area contributed by atoms with E-state index in [1.807, 2.05) is 13.0 Å². The number of nitrogens with zero attached hydrogens (tertiary/aromatic N) is 4. The molecule has 0 radical (unpaired) electrons. The molecule has 1 atom stereocenters. The van der Waals surface area contributed by atoms with Crippen molar-refractivity contribution in [1.29, 1.82) is 0 Å². The molecule has 3 aromatic rings. The van der Waals surface area contributed by atoms with E-state index in [9.17, 15) is 14.0 Å². The van der Waals surface area contributed by atoms with Crippen LogP contribution in [0.1, 0.15) is 46.4 Å². The van der Waals surface area contributed by atoms with Crippen LogP contribution in [-0.2, 0) is 12.0 Å². The lowest BCUT2D eigenvalue weighted by Crippen LogP contribution is -3.07. The summed E-state index contributed by atoms with van der Waals surface area (Å²) in [5, 5.41) is 15.5. The number of H-pyrrole nitrogens is 1. The number of carbonyl (C=O) groups excluding carboxylic acids is 1. The number of halogens is 1. The highest BCUT2D eigenvalue weighted by Crippen LogP contribution is 2.41. The van der Waals surface area contributed by atoms with Gasteiger partial charge in [-0.15, -0.1) is 11.3 Å². The maximum atomic E-state index is 15.0. The second-order valence-electron chi connectivity index (χ2n) is 11.4. The van der Waals surface area contributed by atoms with Crippen molar-refractivity contribution in [2.75, 3.05) is 36.9 Å². The van der Waals surface area contributed by atoms with Crippen LogP contribution in [0.25, 0.3) is 11.3 Å². The van der Waals surface area contributed by atoms with Gasteiger partial charge < -0.3 is 10.2 Å². The molecule has 0 saturated carbocycles. The third kappa shape index (κ3) is 4.60. The molecule has 0 bridgehead atoms.